The number of fused-ring (bicyclic) bond motifs is 1. The molecule has 0 aromatic carbocycles. The predicted octanol–water partition coefficient (Wildman–Crippen LogP) is 1.86. The highest BCUT2D eigenvalue weighted by atomic mass is 16.5. The summed E-state index contributed by atoms with van der Waals surface area (Å²) in [6, 6.07) is 5.96. The third-order valence-corrected chi connectivity index (χ3v) is 5.14. The van der Waals surface area contributed by atoms with Gasteiger partial charge in [-0.25, -0.2) is 4.98 Å². The monoisotopic (exact) mass is 327 g/mol. The van der Waals surface area contributed by atoms with Gasteiger partial charge in [0.15, 0.2) is 0 Å². The normalized spacial score (nSPS) is 26.6. The Morgan fingerprint density at radius 1 is 1.33 bits per heavy atom. The van der Waals surface area contributed by atoms with E-state index in [1.54, 1.807) is 0 Å². The smallest absolute Gasteiger partial charge is 0.125 e. The number of hydrogen-bond acceptors (Lipinski definition) is 5. The molecule has 4 rings (SSSR count). The highest BCUT2D eigenvalue weighted by Crippen LogP contribution is 2.34. The van der Waals surface area contributed by atoms with Crippen molar-refractivity contribution in [2.75, 3.05) is 31.6 Å². The Kier molecular flexibility index (Phi) is 4.49. The maximum Gasteiger partial charge on any atom is 0.125 e. The molecular formula is C18H25N5O. The van der Waals surface area contributed by atoms with Crippen LogP contribution in [-0.2, 0) is 17.8 Å². The average molecular weight is 327 g/mol. The van der Waals surface area contributed by atoms with Crippen LogP contribution in [0, 0.1) is 11.8 Å². The maximum atomic E-state index is 6.05. The van der Waals surface area contributed by atoms with Crippen LogP contribution in [0.4, 0.5) is 5.82 Å². The quantitative estimate of drug-likeness (QED) is 0.878. The standard InChI is InChI=1S/C18H25N5O/c1-2-23-10-14(7-21-23)9-22-11-16-15(13-24-17(16)12-22)8-20-18-5-3-4-6-19-18/h3-7,10,15-17H,2,8-9,11-13H2,1H3,(H,19,20)/t15-,16+,17+/m0/s1. The van der Waals surface area contributed by atoms with Crippen molar-refractivity contribution < 1.29 is 4.74 Å². The first-order valence-corrected chi connectivity index (χ1v) is 8.82. The summed E-state index contributed by atoms with van der Waals surface area (Å²) in [7, 11) is 0. The van der Waals surface area contributed by atoms with E-state index in [4.69, 9.17) is 4.74 Å². The minimum atomic E-state index is 0.377. The SMILES string of the molecule is CCn1cc(CN2C[C@@H]3[C@@H](CNc4ccccn4)CO[C@@H]3C2)cn1. The number of ether oxygens (including phenoxy) is 1. The fraction of sp³-hybridized carbons (Fsp3) is 0.556. The number of nitrogens with one attached hydrogen (secondary N) is 1. The Morgan fingerprint density at radius 2 is 2.29 bits per heavy atom. The maximum absolute atomic E-state index is 6.05. The Morgan fingerprint density at radius 3 is 3.08 bits per heavy atom. The molecule has 0 unspecified atom stereocenters. The summed E-state index contributed by atoms with van der Waals surface area (Å²) in [6.45, 7) is 7.94. The lowest BCUT2D eigenvalue weighted by Gasteiger charge is -2.19. The number of likely N-dealkylation sites (tertiary alicyclic amines) is 1. The number of nitrogens with zero attached hydrogens (tertiary/aromatic N) is 4. The first-order chi connectivity index (χ1) is 11.8. The highest BCUT2D eigenvalue weighted by Gasteiger charge is 2.43. The lowest BCUT2D eigenvalue weighted by molar-refractivity contribution is 0.0946. The molecule has 2 aromatic heterocycles. The Labute approximate surface area is 142 Å². The van der Waals surface area contributed by atoms with Gasteiger partial charge < -0.3 is 10.1 Å². The van der Waals surface area contributed by atoms with Crippen molar-refractivity contribution in [2.24, 2.45) is 11.8 Å². The van der Waals surface area contributed by atoms with Gasteiger partial charge >= 0.3 is 0 Å². The summed E-state index contributed by atoms with van der Waals surface area (Å²) in [5.74, 6) is 2.12. The van der Waals surface area contributed by atoms with E-state index in [9.17, 15) is 0 Å². The van der Waals surface area contributed by atoms with Crippen molar-refractivity contribution in [3.8, 4) is 0 Å². The van der Waals surface area contributed by atoms with Gasteiger partial charge in [0, 0.05) is 62.5 Å². The van der Waals surface area contributed by atoms with Crippen LogP contribution in [0.15, 0.2) is 36.8 Å². The van der Waals surface area contributed by atoms with Crippen molar-refractivity contribution in [3.05, 3.63) is 42.4 Å². The number of aromatic nitrogens is 3. The van der Waals surface area contributed by atoms with Gasteiger partial charge in [-0.15, -0.1) is 0 Å². The van der Waals surface area contributed by atoms with E-state index in [1.807, 2.05) is 35.3 Å². The van der Waals surface area contributed by atoms with E-state index >= 15 is 0 Å². The summed E-state index contributed by atoms with van der Waals surface area (Å²) < 4.78 is 8.04. The molecule has 128 valence electrons. The second-order valence-corrected chi connectivity index (χ2v) is 6.79. The van der Waals surface area contributed by atoms with Gasteiger partial charge in [-0.2, -0.15) is 5.10 Å². The molecule has 2 fully saturated rings. The number of rotatable bonds is 6. The first-order valence-electron chi connectivity index (χ1n) is 8.82. The van der Waals surface area contributed by atoms with Crippen LogP contribution in [0.5, 0.6) is 0 Å². The molecule has 0 aliphatic carbocycles. The van der Waals surface area contributed by atoms with Gasteiger partial charge in [0.25, 0.3) is 0 Å². The number of pyridine rings is 1. The zero-order valence-electron chi connectivity index (χ0n) is 14.1. The van der Waals surface area contributed by atoms with Crippen LogP contribution in [0.2, 0.25) is 0 Å². The second kappa shape index (κ2) is 6.91. The highest BCUT2D eigenvalue weighted by molar-refractivity contribution is 5.33. The molecule has 0 radical (unpaired) electrons. The van der Waals surface area contributed by atoms with Crippen LogP contribution < -0.4 is 5.32 Å². The molecule has 2 aliphatic rings. The Hall–Kier alpha value is -1.92. The minimum absolute atomic E-state index is 0.377. The summed E-state index contributed by atoms with van der Waals surface area (Å²) >= 11 is 0. The number of anilines is 1. The first kappa shape index (κ1) is 15.6. The molecule has 1 N–H and O–H groups in total. The average Bonchev–Trinajstić information content (AvgIpc) is 3.30. The van der Waals surface area contributed by atoms with Crippen molar-refractivity contribution in [1.82, 2.24) is 19.7 Å². The fourth-order valence-electron chi connectivity index (χ4n) is 3.84. The summed E-state index contributed by atoms with van der Waals surface area (Å²) in [6.07, 6.45) is 6.33. The molecule has 2 aromatic rings. The molecule has 6 nitrogen and oxygen atoms in total. The van der Waals surface area contributed by atoms with Gasteiger partial charge in [0.1, 0.15) is 5.82 Å². The zero-order valence-corrected chi connectivity index (χ0v) is 14.1. The van der Waals surface area contributed by atoms with Gasteiger partial charge in [0.05, 0.1) is 18.9 Å². The van der Waals surface area contributed by atoms with Crippen LogP contribution in [0.3, 0.4) is 0 Å². The van der Waals surface area contributed by atoms with Gasteiger partial charge in [-0.05, 0) is 19.1 Å². The number of aryl methyl sites for hydroxylation is 1. The third-order valence-electron chi connectivity index (χ3n) is 5.14. The van der Waals surface area contributed by atoms with Gasteiger partial charge in [-0.3, -0.25) is 9.58 Å². The van der Waals surface area contributed by atoms with Crippen molar-refractivity contribution in [2.45, 2.75) is 26.1 Å². The van der Waals surface area contributed by atoms with Crippen LogP contribution in [-0.4, -0.2) is 52.0 Å². The molecule has 0 amide bonds. The van der Waals surface area contributed by atoms with E-state index in [-0.39, 0.29) is 0 Å². The van der Waals surface area contributed by atoms with E-state index in [0.29, 0.717) is 17.9 Å². The van der Waals surface area contributed by atoms with Gasteiger partial charge in [-0.1, -0.05) is 6.07 Å². The molecule has 2 saturated heterocycles. The van der Waals surface area contributed by atoms with E-state index < -0.39 is 0 Å². The minimum Gasteiger partial charge on any atom is -0.376 e. The Bertz CT molecular complexity index is 658. The lowest BCUT2D eigenvalue weighted by Crippen LogP contribution is -2.27. The number of hydrogen-bond donors (Lipinski definition) is 1. The molecule has 0 spiro atoms. The van der Waals surface area contributed by atoms with E-state index in [2.05, 4.69) is 33.4 Å². The predicted molar refractivity (Wildman–Crippen MR) is 92.6 cm³/mol. The molecule has 24 heavy (non-hydrogen) atoms. The molecule has 2 aliphatic heterocycles. The van der Waals surface area contributed by atoms with E-state index in [1.165, 1.54) is 5.56 Å². The van der Waals surface area contributed by atoms with Crippen LogP contribution in [0.1, 0.15) is 12.5 Å². The topological polar surface area (TPSA) is 55.2 Å². The van der Waals surface area contributed by atoms with Crippen molar-refractivity contribution in [1.29, 1.82) is 0 Å². The molecule has 0 saturated carbocycles. The summed E-state index contributed by atoms with van der Waals surface area (Å²) in [5, 5.41) is 7.82. The van der Waals surface area contributed by atoms with Crippen molar-refractivity contribution >= 4 is 5.82 Å². The van der Waals surface area contributed by atoms with Crippen molar-refractivity contribution in [3.63, 3.8) is 0 Å². The van der Waals surface area contributed by atoms with E-state index in [0.717, 1.165) is 45.1 Å². The van der Waals surface area contributed by atoms with Crippen LogP contribution in [0.25, 0.3) is 0 Å². The van der Waals surface area contributed by atoms with Crippen LogP contribution >= 0.6 is 0 Å². The summed E-state index contributed by atoms with van der Waals surface area (Å²) in [4.78, 5) is 6.83. The Balaban J connectivity index is 1.31. The van der Waals surface area contributed by atoms with Gasteiger partial charge in [0.2, 0.25) is 0 Å². The molecular weight excluding hydrogens is 302 g/mol. The molecule has 4 heterocycles. The molecule has 3 atom stereocenters. The fourth-order valence-corrected chi connectivity index (χ4v) is 3.84. The summed E-state index contributed by atoms with van der Waals surface area (Å²) in [5.41, 5.74) is 1.29. The lowest BCUT2D eigenvalue weighted by atomic mass is 9.93. The third kappa shape index (κ3) is 3.30. The molecule has 0 bridgehead atoms. The zero-order chi connectivity index (χ0) is 16.4. The molecule has 6 heteroatoms. The largest absolute Gasteiger partial charge is 0.376 e. The second-order valence-electron chi connectivity index (χ2n) is 6.79.